The van der Waals surface area contributed by atoms with Gasteiger partial charge in [-0.1, -0.05) is 0 Å². The first-order chi connectivity index (χ1) is 6.86. The highest BCUT2D eigenvalue weighted by atomic mass is 16.1. The summed E-state index contributed by atoms with van der Waals surface area (Å²) < 4.78 is 1.79. The normalized spacial score (nSPS) is 17.1. The Hall–Kier alpha value is -1.58. The van der Waals surface area contributed by atoms with Gasteiger partial charge >= 0.3 is 5.69 Å². The maximum absolute atomic E-state index is 11.6. The Morgan fingerprint density at radius 1 is 1.50 bits per heavy atom. The van der Waals surface area contributed by atoms with Gasteiger partial charge in [0.15, 0.2) is 5.65 Å². The highest BCUT2D eigenvalue weighted by Crippen LogP contribution is 2.31. The van der Waals surface area contributed by atoms with Gasteiger partial charge in [0.05, 0.1) is 5.52 Å². The molecule has 4 heteroatoms. The predicted octanol–water partition coefficient (Wildman–Crippen LogP) is 1.45. The summed E-state index contributed by atoms with van der Waals surface area (Å²) in [5, 5.41) is 0. The summed E-state index contributed by atoms with van der Waals surface area (Å²) in [5.74, 6) is 0. The van der Waals surface area contributed by atoms with E-state index in [0.29, 0.717) is 6.04 Å². The molecule has 0 saturated heterocycles. The lowest BCUT2D eigenvalue weighted by atomic mass is 9.93. The fraction of sp³-hybridized carbons (Fsp3) is 0.400. The van der Waals surface area contributed by atoms with Crippen molar-refractivity contribution in [1.29, 1.82) is 0 Å². The Bertz CT molecular complexity index is 521. The van der Waals surface area contributed by atoms with Gasteiger partial charge in [0.2, 0.25) is 0 Å². The fourth-order valence-electron chi connectivity index (χ4n) is 1.94. The average molecular weight is 189 g/mol. The summed E-state index contributed by atoms with van der Waals surface area (Å²) in [6.07, 6.45) is 5.15. The van der Waals surface area contributed by atoms with E-state index in [2.05, 4.69) is 9.97 Å². The summed E-state index contributed by atoms with van der Waals surface area (Å²) in [5.41, 5.74) is 1.61. The van der Waals surface area contributed by atoms with Gasteiger partial charge in [0.25, 0.3) is 0 Å². The Labute approximate surface area is 80.6 Å². The average Bonchev–Trinajstić information content (AvgIpc) is 2.41. The number of fused-ring (bicyclic) bond motifs is 1. The Morgan fingerprint density at radius 3 is 3.07 bits per heavy atom. The van der Waals surface area contributed by atoms with Gasteiger partial charge in [-0.3, -0.25) is 4.57 Å². The van der Waals surface area contributed by atoms with E-state index < -0.39 is 0 Å². The Kier molecular flexibility index (Phi) is 1.50. The van der Waals surface area contributed by atoms with Crippen molar-refractivity contribution < 1.29 is 0 Å². The number of aromatic nitrogens is 3. The van der Waals surface area contributed by atoms with E-state index in [-0.39, 0.29) is 5.69 Å². The molecular formula is C10H11N3O. The summed E-state index contributed by atoms with van der Waals surface area (Å²) >= 11 is 0. The summed E-state index contributed by atoms with van der Waals surface area (Å²) in [6, 6.07) is 4.09. The monoisotopic (exact) mass is 189 g/mol. The molecule has 2 heterocycles. The lowest BCUT2D eigenvalue weighted by Gasteiger charge is -2.25. The van der Waals surface area contributed by atoms with E-state index in [4.69, 9.17) is 0 Å². The molecule has 1 aliphatic rings. The molecule has 0 aliphatic heterocycles. The highest BCUT2D eigenvalue weighted by Gasteiger charge is 2.23. The molecule has 1 saturated carbocycles. The molecule has 3 rings (SSSR count). The van der Waals surface area contributed by atoms with Gasteiger partial charge in [-0.2, -0.15) is 0 Å². The molecule has 14 heavy (non-hydrogen) atoms. The van der Waals surface area contributed by atoms with Crippen LogP contribution in [0.4, 0.5) is 0 Å². The molecule has 72 valence electrons. The van der Waals surface area contributed by atoms with Crippen molar-refractivity contribution in [2.24, 2.45) is 0 Å². The second-order valence-corrected chi connectivity index (χ2v) is 3.76. The van der Waals surface area contributed by atoms with Crippen molar-refractivity contribution in [2.45, 2.75) is 25.3 Å². The first kappa shape index (κ1) is 7.79. The number of aromatic amines is 1. The molecular weight excluding hydrogens is 178 g/mol. The topological polar surface area (TPSA) is 50.7 Å². The van der Waals surface area contributed by atoms with Crippen molar-refractivity contribution in [2.75, 3.05) is 0 Å². The maximum atomic E-state index is 11.6. The molecule has 1 N–H and O–H groups in total. The summed E-state index contributed by atoms with van der Waals surface area (Å²) in [6.45, 7) is 0. The third-order valence-electron chi connectivity index (χ3n) is 2.92. The minimum atomic E-state index is -0.0246. The number of H-pyrrole nitrogens is 1. The highest BCUT2D eigenvalue weighted by molar-refractivity contribution is 5.70. The van der Waals surface area contributed by atoms with Crippen LogP contribution in [-0.4, -0.2) is 14.5 Å². The molecule has 4 nitrogen and oxygen atoms in total. The third kappa shape index (κ3) is 0.937. The van der Waals surface area contributed by atoms with Crippen molar-refractivity contribution in [3.63, 3.8) is 0 Å². The van der Waals surface area contributed by atoms with Crippen LogP contribution >= 0.6 is 0 Å². The van der Waals surface area contributed by atoms with Crippen LogP contribution < -0.4 is 5.69 Å². The van der Waals surface area contributed by atoms with E-state index in [1.165, 1.54) is 6.42 Å². The van der Waals surface area contributed by atoms with E-state index in [0.717, 1.165) is 24.0 Å². The van der Waals surface area contributed by atoms with Crippen LogP contribution in [0.2, 0.25) is 0 Å². The molecule has 2 aromatic heterocycles. The third-order valence-corrected chi connectivity index (χ3v) is 2.92. The van der Waals surface area contributed by atoms with Gasteiger partial charge in [-0.25, -0.2) is 9.78 Å². The van der Waals surface area contributed by atoms with Crippen molar-refractivity contribution in [1.82, 2.24) is 14.5 Å². The maximum Gasteiger partial charge on any atom is 0.327 e. The minimum absolute atomic E-state index is 0.0246. The molecule has 0 amide bonds. The van der Waals surface area contributed by atoms with Crippen molar-refractivity contribution in [3.8, 4) is 0 Å². The number of nitrogens with zero attached hydrogens (tertiary/aromatic N) is 2. The second-order valence-electron chi connectivity index (χ2n) is 3.76. The van der Waals surface area contributed by atoms with Gasteiger partial charge in [0, 0.05) is 12.2 Å². The van der Waals surface area contributed by atoms with Crippen LogP contribution in [0.25, 0.3) is 11.2 Å². The van der Waals surface area contributed by atoms with Crippen LogP contribution in [-0.2, 0) is 0 Å². The first-order valence-electron chi connectivity index (χ1n) is 4.91. The molecule has 1 fully saturated rings. The second kappa shape index (κ2) is 2.70. The predicted molar refractivity (Wildman–Crippen MR) is 53.2 cm³/mol. The Morgan fingerprint density at radius 2 is 2.36 bits per heavy atom. The van der Waals surface area contributed by atoms with Crippen LogP contribution in [0.1, 0.15) is 25.3 Å². The van der Waals surface area contributed by atoms with E-state index >= 15 is 0 Å². The van der Waals surface area contributed by atoms with Gasteiger partial charge < -0.3 is 4.98 Å². The number of pyridine rings is 1. The van der Waals surface area contributed by atoms with Gasteiger partial charge in [0.1, 0.15) is 0 Å². The number of hydrogen-bond donors (Lipinski definition) is 1. The molecule has 1 aliphatic carbocycles. The lowest BCUT2D eigenvalue weighted by molar-refractivity contribution is 0.313. The fourth-order valence-corrected chi connectivity index (χ4v) is 1.94. The minimum Gasteiger partial charge on any atom is -0.304 e. The van der Waals surface area contributed by atoms with Crippen LogP contribution in [0.3, 0.4) is 0 Å². The molecule has 0 atom stereocenters. The summed E-state index contributed by atoms with van der Waals surface area (Å²) in [7, 11) is 0. The van der Waals surface area contributed by atoms with E-state index in [1.807, 2.05) is 12.1 Å². The zero-order valence-electron chi connectivity index (χ0n) is 7.73. The summed E-state index contributed by atoms with van der Waals surface area (Å²) in [4.78, 5) is 18.7. The zero-order chi connectivity index (χ0) is 9.54. The molecule has 0 aromatic carbocycles. The first-order valence-corrected chi connectivity index (χ1v) is 4.91. The van der Waals surface area contributed by atoms with E-state index in [9.17, 15) is 4.79 Å². The van der Waals surface area contributed by atoms with Crippen LogP contribution in [0.15, 0.2) is 23.1 Å². The zero-order valence-corrected chi connectivity index (χ0v) is 7.73. The molecule has 0 spiro atoms. The largest absolute Gasteiger partial charge is 0.327 e. The number of hydrogen-bond acceptors (Lipinski definition) is 2. The molecule has 0 unspecified atom stereocenters. The molecule has 0 bridgehead atoms. The smallest absolute Gasteiger partial charge is 0.304 e. The quantitative estimate of drug-likeness (QED) is 0.738. The van der Waals surface area contributed by atoms with Gasteiger partial charge in [-0.05, 0) is 31.4 Å². The van der Waals surface area contributed by atoms with Crippen molar-refractivity contribution >= 4 is 11.2 Å². The number of imidazole rings is 1. The lowest BCUT2D eigenvalue weighted by Crippen LogP contribution is -2.27. The van der Waals surface area contributed by atoms with Crippen molar-refractivity contribution in [3.05, 3.63) is 28.8 Å². The van der Waals surface area contributed by atoms with Crippen LogP contribution in [0.5, 0.6) is 0 Å². The number of rotatable bonds is 1. The molecule has 0 radical (unpaired) electrons. The van der Waals surface area contributed by atoms with E-state index in [1.54, 1.807) is 10.8 Å². The standard InChI is InChI=1S/C10H11N3O/c14-10-12-8-5-2-6-11-9(8)13(10)7-3-1-4-7/h2,5-7H,1,3-4H2,(H,12,14). The molecule has 2 aromatic rings. The van der Waals surface area contributed by atoms with Gasteiger partial charge in [-0.15, -0.1) is 0 Å². The number of nitrogens with one attached hydrogen (secondary N) is 1. The van der Waals surface area contributed by atoms with Crippen LogP contribution in [0, 0.1) is 0 Å². The SMILES string of the molecule is O=c1[nH]c2cccnc2n1C1CCC1. The Balaban J connectivity index is 2.29.